The van der Waals surface area contributed by atoms with E-state index in [0.29, 0.717) is 12.8 Å². The summed E-state index contributed by atoms with van der Waals surface area (Å²) in [5.74, 6) is -2.49. The van der Waals surface area contributed by atoms with Crippen LogP contribution in [0.3, 0.4) is 0 Å². The average Bonchev–Trinajstić information content (AvgIpc) is 1.77. The molecule has 0 amide bonds. The van der Waals surface area contributed by atoms with Gasteiger partial charge in [-0.05, 0) is 6.42 Å². The normalized spacial score (nSPS) is 39.6. The summed E-state index contributed by atoms with van der Waals surface area (Å²) in [6.45, 7) is -0.146. The van der Waals surface area contributed by atoms with Gasteiger partial charge in [0.15, 0.2) is 0 Å². The molecule has 0 aromatic heterocycles. The van der Waals surface area contributed by atoms with E-state index in [1.165, 1.54) is 0 Å². The fourth-order valence-electron chi connectivity index (χ4n) is 1.04. The van der Waals surface area contributed by atoms with Gasteiger partial charge >= 0.3 is 5.91 Å². The highest BCUT2D eigenvalue weighted by Gasteiger charge is 2.44. The van der Waals surface area contributed by atoms with E-state index in [2.05, 4.69) is 0 Å². The fraction of sp³-hybridized carbons (Fsp3) is 1.00. The lowest BCUT2D eigenvalue weighted by Crippen LogP contribution is -2.61. The number of hydrogen-bond acceptors (Lipinski definition) is 4. The van der Waals surface area contributed by atoms with Crippen LogP contribution < -0.4 is 0 Å². The first-order valence-corrected chi connectivity index (χ1v) is 3.22. The topological polar surface area (TPSA) is 83.8 Å². The summed E-state index contributed by atoms with van der Waals surface area (Å²) in [5, 5.41) is 37.3. The third-order valence-corrected chi connectivity index (χ3v) is 1.78. The average molecular weight is 149 g/mol. The van der Waals surface area contributed by atoms with Crippen molar-refractivity contribution in [3.63, 3.8) is 0 Å². The Balaban J connectivity index is 2.70. The Labute approximate surface area is 58.2 Å². The first-order chi connectivity index (χ1) is 4.46. The summed E-state index contributed by atoms with van der Waals surface area (Å²) >= 11 is 0. The smallest absolute Gasteiger partial charge is 0.344 e. The van der Waals surface area contributed by atoms with Gasteiger partial charge in [-0.2, -0.15) is 4.81 Å². The fourth-order valence-corrected chi connectivity index (χ4v) is 1.04. The summed E-state index contributed by atoms with van der Waals surface area (Å²) in [7, 11) is 0. The van der Waals surface area contributed by atoms with Crippen LogP contribution in [0.15, 0.2) is 0 Å². The number of piperidine rings is 1. The first kappa shape index (κ1) is 7.90. The number of hydroxylamine groups is 4. The number of nitrogens with zero attached hydrogens (tertiary/aromatic N) is 1. The molecule has 1 fully saturated rings. The molecule has 60 valence electrons. The highest BCUT2D eigenvalue weighted by Crippen LogP contribution is 2.27. The van der Waals surface area contributed by atoms with Gasteiger partial charge < -0.3 is 15.4 Å². The molecule has 1 atom stereocenters. The zero-order valence-electron chi connectivity index (χ0n) is 5.53. The standard InChI is InChI=1S/C5H11NO4/c7-5(8)3-1-2-4-6(5,9)10/h7-9H,1-4H2. The van der Waals surface area contributed by atoms with Gasteiger partial charge in [0.05, 0.1) is 6.42 Å². The molecule has 1 rings (SSSR count). The molecule has 5 heteroatoms. The van der Waals surface area contributed by atoms with Crippen LogP contribution in [0.2, 0.25) is 0 Å². The highest BCUT2D eigenvalue weighted by molar-refractivity contribution is 4.59. The zero-order chi connectivity index (χ0) is 7.83. The maximum absolute atomic E-state index is 10.8. The van der Waals surface area contributed by atoms with Gasteiger partial charge in [-0.15, -0.1) is 0 Å². The van der Waals surface area contributed by atoms with Crippen LogP contribution in [-0.4, -0.2) is 32.7 Å². The van der Waals surface area contributed by atoms with Crippen LogP contribution >= 0.6 is 0 Å². The summed E-state index contributed by atoms with van der Waals surface area (Å²) in [6.07, 6.45) is 1.03. The van der Waals surface area contributed by atoms with E-state index in [4.69, 9.17) is 15.4 Å². The number of rotatable bonds is 0. The molecular formula is C5H11NO4. The number of quaternary nitrogens is 1. The van der Waals surface area contributed by atoms with Crippen molar-refractivity contribution < 1.29 is 20.2 Å². The van der Waals surface area contributed by atoms with Crippen LogP contribution in [0.1, 0.15) is 19.3 Å². The lowest BCUT2D eigenvalue weighted by molar-refractivity contribution is -1.14. The van der Waals surface area contributed by atoms with E-state index in [9.17, 15) is 5.21 Å². The highest BCUT2D eigenvalue weighted by atomic mass is 16.9. The quantitative estimate of drug-likeness (QED) is 0.246. The van der Waals surface area contributed by atoms with Crippen molar-refractivity contribution in [2.75, 3.05) is 6.54 Å². The van der Waals surface area contributed by atoms with Crippen molar-refractivity contribution in [3.05, 3.63) is 5.21 Å². The van der Waals surface area contributed by atoms with Crippen molar-refractivity contribution in [1.82, 2.24) is 0 Å². The van der Waals surface area contributed by atoms with Crippen molar-refractivity contribution >= 4 is 0 Å². The lowest BCUT2D eigenvalue weighted by Gasteiger charge is -2.45. The van der Waals surface area contributed by atoms with Crippen LogP contribution in [0.4, 0.5) is 0 Å². The van der Waals surface area contributed by atoms with Gasteiger partial charge in [0.25, 0.3) is 0 Å². The van der Waals surface area contributed by atoms with Gasteiger partial charge in [0.2, 0.25) is 0 Å². The Morgan fingerprint density at radius 1 is 1.30 bits per heavy atom. The second kappa shape index (κ2) is 2.14. The maximum Gasteiger partial charge on any atom is 0.344 e. The Kier molecular flexibility index (Phi) is 1.69. The summed E-state index contributed by atoms with van der Waals surface area (Å²) in [6, 6.07) is 0. The molecule has 0 radical (unpaired) electrons. The predicted molar refractivity (Wildman–Crippen MR) is 31.3 cm³/mol. The van der Waals surface area contributed by atoms with Crippen LogP contribution in [0.25, 0.3) is 0 Å². The SMILES string of the molecule is [O-][N+]1(O)CCCCC1(O)O. The summed E-state index contributed by atoms with van der Waals surface area (Å²) < 4.78 is 0. The molecule has 1 aliphatic heterocycles. The minimum Gasteiger partial charge on any atom is -0.594 e. The molecule has 1 aliphatic rings. The zero-order valence-corrected chi connectivity index (χ0v) is 5.53. The monoisotopic (exact) mass is 149 g/mol. The van der Waals surface area contributed by atoms with Crippen molar-refractivity contribution in [2.24, 2.45) is 0 Å². The van der Waals surface area contributed by atoms with Gasteiger partial charge in [0.1, 0.15) is 6.54 Å². The molecular weight excluding hydrogens is 138 g/mol. The molecule has 0 aromatic carbocycles. The predicted octanol–water partition coefficient (Wildman–Crippen LogP) is -0.488. The molecule has 0 bridgehead atoms. The Hall–Kier alpha value is -0.200. The molecule has 1 saturated heterocycles. The lowest BCUT2D eigenvalue weighted by atomic mass is 10.1. The van der Waals surface area contributed by atoms with Crippen LogP contribution in [0, 0.1) is 5.21 Å². The molecule has 5 nitrogen and oxygen atoms in total. The first-order valence-electron chi connectivity index (χ1n) is 3.22. The van der Waals surface area contributed by atoms with Gasteiger partial charge in [-0.1, -0.05) is 0 Å². The molecule has 3 N–H and O–H groups in total. The maximum atomic E-state index is 10.8. The molecule has 0 saturated carbocycles. The van der Waals surface area contributed by atoms with E-state index in [-0.39, 0.29) is 13.0 Å². The number of aliphatic hydroxyl groups is 2. The van der Waals surface area contributed by atoms with Gasteiger partial charge in [0, 0.05) is 6.42 Å². The minimum atomic E-state index is -2.49. The van der Waals surface area contributed by atoms with Crippen LogP contribution in [0.5, 0.6) is 0 Å². The van der Waals surface area contributed by atoms with E-state index in [1.807, 2.05) is 0 Å². The van der Waals surface area contributed by atoms with E-state index < -0.39 is 10.7 Å². The minimum absolute atomic E-state index is 0.0625. The molecule has 1 heterocycles. The van der Waals surface area contributed by atoms with Crippen molar-refractivity contribution in [1.29, 1.82) is 0 Å². The Morgan fingerprint density at radius 2 is 1.90 bits per heavy atom. The van der Waals surface area contributed by atoms with Crippen molar-refractivity contribution in [3.8, 4) is 0 Å². The van der Waals surface area contributed by atoms with Gasteiger partial charge in [-0.25, -0.2) is 5.21 Å². The molecule has 0 aliphatic carbocycles. The summed E-state index contributed by atoms with van der Waals surface area (Å²) in [5.41, 5.74) is 0. The largest absolute Gasteiger partial charge is 0.594 e. The van der Waals surface area contributed by atoms with Crippen molar-refractivity contribution in [2.45, 2.75) is 25.2 Å². The number of hydrogen-bond donors (Lipinski definition) is 3. The van der Waals surface area contributed by atoms with Crippen LogP contribution in [-0.2, 0) is 0 Å². The van der Waals surface area contributed by atoms with E-state index in [1.54, 1.807) is 0 Å². The Bertz CT molecular complexity index is 118. The summed E-state index contributed by atoms with van der Waals surface area (Å²) in [4.78, 5) is -1.94. The second-order valence-electron chi connectivity index (χ2n) is 2.66. The third kappa shape index (κ3) is 1.14. The Morgan fingerprint density at radius 3 is 2.20 bits per heavy atom. The van der Waals surface area contributed by atoms with E-state index >= 15 is 0 Å². The molecule has 10 heavy (non-hydrogen) atoms. The molecule has 1 unspecified atom stereocenters. The third-order valence-electron chi connectivity index (χ3n) is 1.78. The molecule has 0 spiro atoms. The van der Waals surface area contributed by atoms with E-state index in [0.717, 1.165) is 0 Å². The van der Waals surface area contributed by atoms with Gasteiger partial charge in [-0.3, -0.25) is 0 Å². The second-order valence-corrected chi connectivity index (χ2v) is 2.66. The molecule has 0 aromatic rings.